The summed E-state index contributed by atoms with van der Waals surface area (Å²) in [5.74, 6) is -13.3. The van der Waals surface area contributed by atoms with E-state index in [1.165, 1.54) is 86.3 Å². The summed E-state index contributed by atoms with van der Waals surface area (Å²) in [4.78, 5) is 106. The number of amides is 7. The number of phenols is 6. The van der Waals surface area contributed by atoms with Crippen LogP contribution < -0.4 is 62.5 Å². The van der Waals surface area contributed by atoms with Gasteiger partial charge in [-0.2, -0.15) is 0 Å². The van der Waals surface area contributed by atoms with Crippen molar-refractivity contribution in [2.45, 2.75) is 120 Å². The first-order valence-corrected chi connectivity index (χ1v) is 32.5. The van der Waals surface area contributed by atoms with Gasteiger partial charge in [-0.05, 0) is 131 Å². The molecule has 0 fully saturated rings. The van der Waals surface area contributed by atoms with Gasteiger partial charge < -0.3 is 98.2 Å². The number of benzene rings is 7. The minimum absolute atomic E-state index is 0.0906. The predicted octanol–water partition coefficient (Wildman–Crippen LogP) is 7.88. The fourth-order valence-corrected chi connectivity index (χ4v) is 12.7. The topological polar surface area (TPSA) is 411 Å². The van der Waals surface area contributed by atoms with Crippen LogP contribution in [0.15, 0.2) is 109 Å². The Morgan fingerprint density at radius 1 is 0.541 bits per heavy atom. The molecule has 6 aliphatic rings. The smallest absolute Gasteiger partial charge is 0.248 e. The number of unbranched alkanes of at least 4 members (excludes halogenated alkanes) is 7. The molecule has 17 bridgehead atoms. The summed E-state index contributed by atoms with van der Waals surface area (Å²) in [6.45, 7) is 2.47. The van der Waals surface area contributed by atoms with Crippen molar-refractivity contribution in [3.8, 4) is 80.1 Å². The standard InChI is InChI=1S/C70H71Cl2N9O17/c1-3-4-5-6-7-8-9-10-19-75-31-42-48(85)30-41-54(62(42)87)40-24-34(13-15-46(40)83)56-67(92)81-60(70(95)80-59(41)66(91)74-2)61(86)35-14-18-50(44(72)25-35)98-53-28-37-27-52(63(53)88)97-49-17-11-32(20-43(49)71)21-45-64(89)77-57(68(93)79-58(37)69(94)78-56)36-22-38(82)29-39(23-36)96-51-26-33(12-16-47(51)84)55(73)65(90)76-45/h11-18,20,22-30,45,55-61,75,82-88H,3-10,19,21,31,73H2,1-2H3,(H,74,91)(H,76,90)(H,77,89)(H,78,94)(H,79,93)(H,80,95)(H,81,92)/t45-,55-,56-,57-,58-,59-,60-,61?/m0/s1. The molecule has 98 heavy (non-hydrogen) atoms. The Kier molecular flexibility index (Phi) is 20.7. The molecule has 13 rings (SSSR count). The molecule has 28 heteroatoms. The molecule has 0 aliphatic carbocycles. The van der Waals surface area contributed by atoms with Gasteiger partial charge >= 0.3 is 0 Å². The Balaban J connectivity index is 1.09. The highest BCUT2D eigenvalue weighted by atomic mass is 35.5. The van der Waals surface area contributed by atoms with Crippen LogP contribution in [0.4, 0.5) is 0 Å². The van der Waals surface area contributed by atoms with Crippen molar-refractivity contribution in [2.24, 2.45) is 5.73 Å². The zero-order valence-corrected chi connectivity index (χ0v) is 54.3. The molecule has 7 aromatic rings. The minimum Gasteiger partial charge on any atom is -0.508 e. The zero-order chi connectivity index (χ0) is 69.8. The fraction of sp³-hybridized carbons (Fsp3) is 0.300. The van der Waals surface area contributed by atoms with Gasteiger partial charge in [0.1, 0.15) is 88.6 Å². The molecule has 17 N–H and O–H groups in total. The van der Waals surface area contributed by atoms with Gasteiger partial charge in [0.05, 0.1) is 15.6 Å². The molecule has 0 saturated heterocycles. The van der Waals surface area contributed by atoms with Gasteiger partial charge in [-0.3, -0.25) is 33.6 Å². The molecule has 0 saturated carbocycles. The van der Waals surface area contributed by atoms with Crippen molar-refractivity contribution in [2.75, 3.05) is 13.6 Å². The highest BCUT2D eigenvalue weighted by molar-refractivity contribution is 6.32. The maximum Gasteiger partial charge on any atom is 0.248 e. The van der Waals surface area contributed by atoms with Crippen molar-refractivity contribution in [3.05, 3.63) is 164 Å². The third-order valence-electron chi connectivity index (χ3n) is 17.5. The number of phenolic OH excluding ortho intramolecular Hbond substituents is 6. The number of likely N-dealkylation sites (N-methyl/N-ethyl adjacent to an activating group) is 1. The van der Waals surface area contributed by atoms with Crippen molar-refractivity contribution in [1.29, 1.82) is 0 Å². The molecule has 6 heterocycles. The van der Waals surface area contributed by atoms with E-state index >= 15 is 24.0 Å². The van der Waals surface area contributed by atoms with E-state index in [9.17, 15) is 45.3 Å². The van der Waals surface area contributed by atoms with Gasteiger partial charge in [-0.25, -0.2) is 0 Å². The number of nitrogens with two attached hydrogens (primary N) is 1. The summed E-state index contributed by atoms with van der Waals surface area (Å²) < 4.78 is 18.6. The van der Waals surface area contributed by atoms with Crippen LogP contribution in [0.3, 0.4) is 0 Å². The van der Waals surface area contributed by atoms with Crippen molar-refractivity contribution >= 4 is 64.6 Å². The van der Waals surface area contributed by atoms with Crippen molar-refractivity contribution in [1.82, 2.24) is 42.5 Å². The summed E-state index contributed by atoms with van der Waals surface area (Å²) in [6.07, 6.45) is 5.90. The Morgan fingerprint density at radius 3 is 1.81 bits per heavy atom. The van der Waals surface area contributed by atoms with E-state index in [1.807, 2.05) is 0 Å². The molecule has 512 valence electrons. The molecule has 7 aromatic carbocycles. The van der Waals surface area contributed by atoms with Crippen LogP contribution >= 0.6 is 23.2 Å². The van der Waals surface area contributed by atoms with Gasteiger partial charge in [0.25, 0.3) is 0 Å². The molecular formula is C70H71Cl2N9O17. The van der Waals surface area contributed by atoms with Crippen LogP contribution in [-0.2, 0) is 46.5 Å². The van der Waals surface area contributed by atoms with Gasteiger partial charge in [0, 0.05) is 37.2 Å². The van der Waals surface area contributed by atoms with Gasteiger partial charge in [-0.15, -0.1) is 0 Å². The number of rotatable bonds is 12. The number of ether oxygens (including phenoxy) is 3. The molecule has 0 radical (unpaired) electrons. The SMILES string of the molecule is CCCCCCCCCCNCc1c(O)cc2c(c1O)-c1cc(ccc1O)[C@@H]1NC(=O)[C@H]3NC(=O)[C@H]4NC(=O)[C@H](Cc5ccc(c(Cl)c5)Oc5cc3cc(c5O)Oc3ccc(cc3Cl)C(O)[C@H](NC1=O)C(=O)N[C@@H]2C(=O)NC)NC(=O)[C@@H](N)c1ccc(O)c(c1)Oc1cc(O)cc4c1. The van der Waals surface area contributed by atoms with Crippen LogP contribution in [0.1, 0.15) is 139 Å². The molecular weight excluding hydrogens is 1310 g/mol. The number of carbonyl (C=O) groups excluding carboxylic acids is 7. The normalized spacial score (nSPS) is 20.7. The lowest BCUT2D eigenvalue weighted by Gasteiger charge is -2.31. The van der Waals surface area contributed by atoms with Crippen LogP contribution in [0.2, 0.25) is 10.0 Å². The maximum atomic E-state index is 16.0. The number of hydrogen-bond donors (Lipinski definition) is 16. The maximum absolute atomic E-state index is 16.0. The second-order valence-electron chi connectivity index (χ2n) is 24.3. The van der Waals surface area contributed by atoms with E-state index in [1.54, 1.807) is 0 Å². The van der Waals surface area contributed by atoms with E-state index < -0.39 is 136 Å². The molecule has 0 spiro atoms. The number of nitrogens with one attached hydrogen (secondary N) is 8. The minimum atomic E-state index is -2.16. The first-order valence-electron chi connectivity index (χ1n) is 31.7. The Bertz CT molecular complexity index is 4330. The first kappa shape index (κ1) is 68.9. The van der Waals surface area contributed by atoms with E-state index in [4.69, 9.17) is 43.1 Å². The average molecular weight is 1380 g/mol. The number of carbonyl (C=O) groups is 7. The molecule has 26 nitrogen and oxygen atoms in total. The molecule has 6 aliphatic heterocycles. The summed E-state index contributed by atoms with van der Waals surface area (Å²) in [5.41, 5.74) is 5.04. The summed E-state index contributed by atoms with van der Waals surface area (Å²) in [6, 6.07) is 8.71. The molecule has 1 unspecified atom stereocenters. The van der Waals surface area contributed by atoms with Crippen molar-refractivity contribution < 1.29 is 83.5 Å². The van der Waals surface area contributed by atoms with Crippen molar-refractivity contribution in [3.63, 3.8) is 0 Å². The Labute approximate surface area is 570 Å². The van der Waals surface area contributed by atoms with E-state index in [-0.39, 0.29) is 96.1 Å². The summed E-state index contributed by atoms with van der Waals surface area (Å²) in [7, 11) is 1.24. The highest BCUT2D eigenvalue weighted by Gasteiger charge is 2.42. The number of aromatic hydroxyl groups is 6. The lowest BCUT2D eigenvalue weighted by Crippen LogP contribution is -2.55. The van der Waals surface area contributed by atoms with Crippen LogP contribution in [0.5, 0.6) is 69.0 Å². The number of fused-ring (bicyclic) bond motifs is 14. The van der Waals surface area contributed by atoms with E-state index in [2.05, 4.69) is 49.5 Å². The second-order valence-corrected chi connectivity index (χ2v) is 25.1. The monoisotopic (exact) mass is 1380 g/mol. The first-order chi connectivity index (χ1) is 47.0. The van der Waals surface area contributed by atoms with Crippen LogP contribution in [0.25, 0.3) is 11.1 Å². The second kappa shape index (κ2) is 29.5. The van der Waals surface area contributed by atoms with E-state index in [0.717, 1.165) is 81.3 Å². The van der Waals surface area contributed by atoms with Crippen LogP contribution in [-0.4, -0.2) is 103 Å². The predicted molar refractivity (Wildman–Crippen MR) is 356 cm³/mol. The summed E-state index contributed by atoms with van der Waals surface area (Å²) >= 11 is 13.9. The number of aliphatic hydroxyl groups excluding tert-OH is 1. The number of halogens is 2. The lowest BCUT2D eigenvalue weighted by atomic mass is 9.87. The lowest BCUT2D eigenvalue weighted by molar-refractivity contribution is -0.137. The molecule has 0 aromatic heterocycles. The average Bonchev–Trinajstić information content (AvgIpc) is 0.744. The van der Waals surface area contributed by atoms with Gasteiger partial charge in [0.2, 0.25) is 47.1 Å². The third-order valence-corrected chi connectivity index (χ3v) is 18.1. The van der Waals surface area contributed by atoms with Gasteiger partial charge in [-0.1, -0.05) is 99.3 Å². The highest BCUT2D eigenvalue weighted by Crippen LogP contribution is 2.49. The number of hydrogen-bond acceptors (Lipinski definition) is 19. The quantitative estimate of drug-likeness (QED) is 0.0517. The largest absolute Gasteiger partial charge is 0.508 e. The summed E-state index contributed by atoms with van der Waals surface area (Å²) in [5, 5.41) is 104. The number of aliphatic hydroxyl groups is 1. The zero-order valence-electron chi connectivity index (χ0n) is 52.8. The van der Waals surface area contributed by atoms with Crippen LogP contribution in [0, 0.1) is 0 Å². The molecule has 7 amide bonds. The Hall–Kier alpha value is -10.5. The third kappa shape index (κ3) is 14.7. The van der Waals surface area contributed by atoms with E-state index in [0.29, 0.717) is 12.1 Å². The van der Waals surface area contributed by atoms with Gasteiger partial charge in [0.15, 0.2) is 23.0 Å². The fourth-order valence-electron chi connectivity index (χ4n) is 12.2. The Morgan fingerprint density at radius 2 is 1.13 bits per heavy atom. The molecule has 8 atom stereocenters.